The van der Waals surface area contributed by atoms with Gasteiger partial charge in [0.15, 0.2) is 6.04 Å². The first-order valence-corrected chi connectivity index (χ1v) is 6.24. The lowest BCUT2D eigenvalue weighted by Crippen LogP contribution is -2.35. The minimum absolute atomic E-state index is 0.170. The van der Waals surface area contributed by atoms with Crippen LogP contribution >= 0.6 is 0 Å². The molecule has 2 aromatic rings. The van der Waals surface area contributed by atoms with Crippen LogP contribution in [0.5, 0.6) is 0 Å². The van der Waals surface area contributed by atoms with Crippen LogP contribution in [-0.4, -0.2) is 24.0 Å². The van der Waals surface area contributed by atoms with Gasteiger partial charge in [-0.15, -0.1) is 0 Å². The van der Waals surface area contributed by atoms with Crippen molar-refractivity contribution in [1.82, 2.24) is 10.3 Å². The molecule has 6 nitrogen and oxygen atoms in total. The highest BCUT2D eigenvalue weighted by molar-refractivity contribution is 5.96. The maximum atomic E-state index is 12.1. The summed E-state index contributed by atoms with van der Waals surface area (Å²) in [5.41, 5.74) is 0.378. The lowest BCUT2D eigenvalue weighted by molar-refractivity contribution is -0.143. The molecule has 0 aliphatic heterocycles. The monoisotopic (exact) mass is 286 g/mol. The van der Waals surface area contributed by atoms with Gasteiger partial charge in [-0.1, -0.05) is 30.3 Å². The van der Waals surface area contributed by atoms with Crippen molar-refractivity contribution >= 4 is 11.9 Å². The molecule has 1 atom stereocenters. The number of hydrogen-bond donors (Lipinski definition) is 2. The van der Waals surface area contributed by atoms with Crippen LogP contribution in [0.1, 0.15) is 22.0 Å². The van der Waals surface area contributed by atoms with Gasteiger partial charge in [0.2, 0.25) is 5.56 Å². The molecule has 0 fully saturated rings. The number of H-pyrrole nitrogens is 1. The Morgan fingerprint density at radius 3 is 2.52 bits per heavy atom. The average Bonchev–Trinajstić information content (AvgIpc) is 2.52. The highest BCUT2D eigenvalue weighted by atomic mass is 16.5. The molecule has 1 aromatic heterocycles. The van der Waals surface area contributed by atoms with Crippen LogP contribution in [0.25, 0.3) is 0 Å². The van der Waals surface area contributed by atoms with E-state index in [1.54, 1.807) is 30.3 Å². The number of nitrogens with one attached hydrogen (secondary N) is 2. The number of ether oxygens (including phenoxy) is 1. The van der Waals surface area contributed by atoms with Gasteiger partial charge < -0.3 is 15.0 Å². The number of carbonyl (C=O) groups excluding carboxylic acids is 2. The van der Waals surface area contributed by atoms with Crippen molar-refractivity contribution in [2.45, 2.75) is 6.04 Å². The molecule has 0 aliphatic carbocycles. The molecule has 1 heterocycles. The van der Waals surface area contributed by atoms with Crippen molar-refractivity contribution < 1.29 is 14.3 Å². The second kappa shape index (κ2) is 6.51. The number of amides is 1. The Morgan fingerprint density at radius 1 is 1.19 bits per heavy atom. The Balaban J connectivity index is 2.25. The number of pyridine rings is 1. The molecule has 1 aromatic carbocycles. The number of rotatable bonds is 4. The van der Waals surface area contributed by atoms with E-state index in [-0.39, 0.29) is 5.56 Å². The van der Waals surface area contributed by atoms with E-state index in [9.17, 15) is 14.4 Å². The van der Waals surface area contributed by atoms with Gasteiger partial charge in [-0.05, 0) is 11.6 Å². The Morgan fingerprint density at radius 2 is 1.90 bits per heavy atom. The van der Waals surface area contributed by atoms with E-state index in [2.05, 4.69) is 10.3 Å². The first kappa shape index (κ1) is 14.5. The third kappa shape index (κ3) is 3.56. The molecule has 1 amide bonds. The van der Waals surface area contributed by atoms with Crippen molar-refractivity contribution in [2.24, 2.45) is 0 Å². The Labute approximate surface area is 120 Å². The fourth-order valence-corrected chi connectivity index (χ4v) is 1.84. The summed E-state index contributed by atoms with van der Waals surface area (Å²) in [6.07, 6.45) is 1.37. The van der Waals surface area contributed by atoms with Crippen LogP contribution in [0, 0.1) is 0 Å². The van der Waals surface area contributed by atoms with Gasteiger partial charge in [-0.3, -0.25) is 9.59 Å². The van der Waals surface area contributed by atoms with Crippen molar-refractivity contribution in [3.8, 4) is 0 Å². The molecule has 0 aliphatic rings. The quantitative estimate of drug-likeness (QED) is 0.821. The highest BCUT2D eigenvalue weighted by Crippen LogP contribution is 2.14. The van der Waals surface area contributed by atoms with E-state index in [4.69, 9.17) is 4.74 Å². The number of aromatic nitrogens is 1. The summed E-state index contributed by atoms with van der Waals surface area (Å²) >= 11 is 0. The molecule has 21 heavy (non-hydrogen) atoms. The maximum absolute atomic E-state index is 12.1. The van der Waals surface area contributed by atoms with Gasteiger partial charge in [-0.2, -0.15) is 0 Å². The van der Waals surface area contributed by atoms with Crippen LogP contribution in [-0.2, 0) is 9.53 Å². The average molecular weight is 286 g/mol. The summed E-state index contributed by atoms with van der Waals surface area (Å²) in [4.78, 5) is 37.6. The Kier molecular flexibility index (Phi) is 4.50. The first-order valence-electron chi connectivity index (χ1n) is 6.24. The molecule has 0 bridgehead atoms. The van der Waals surface area contributed by atoms with E-state index in [1.807, 2.05) is 0 Å². The van der Waals surface area contributed by atoms with E-state index in [0.717, 1.165) is 6.07 Å². The van der Waals surface area contributed by atoms with Gasteiger partial charge in [-0.25, -0.2) is 4.79 Å². The van der Waals surface area contributed by atoms with E-state index in [1.165, 1.54) is 19.4 Å². The molecule has 6 heteroatoms. The third-order valence-electron chi connectivity index (χ3n) is 2.88. The lowest BCUT2D eigenvalue weighted by Gasteiger charge is -2.16. The number of carbonyl (C=O) groups is 2. The van der Waals surface area contributed by atoms with Crippen molar-refractivity contribution in [3.63, 3.8) is 0 Å². The molecular weight excluding hydrogens is 272 g/mol. The summed E-state index contributed by atoms with van der Waals surface area (Å²) < 4.78 is 4.71. The maximum Gasteiger partial charge on any atom is 0.333 e. The molecule has 0 saturated carbocycles. The molecular formula is C15H14N2O4. The minimum atomic E-state index is -0.928. The fraction of sp³-hybridized carbons (Fsp3) is 0.133. The van der Waals surface area contributed by atoms with Gasteiger partial charge in [0, 0.05) is 17.8 Å². The smallest absolute Gasteiger partial charge is 0.333 e. The van der Waals surface area contributed by atoms with Crippen LogP contribution in [0.3, 0.4) is 0 Å². The molecule has 108 valence electrons. The molecule has 0 saturated heterocycles. The number of esters is 1. The van der Waals surface area contributed by atoms with Gasteiger partial charge in [0.25, 0.3) is 5.91 Å². The third-order valence-corrected chi connectivity index (χ3v) is 2.88. The molecule has 0 radical (unpaired) electrons. The summed E-state index contributed by atoms with van der Waals surface area (Å²) in [6, 6.07) is 10.4. The fourth-order valence-electron chi connectivity index (χ4n) is 1.84. The predicted octanol–water partition coefficient (Wildman–Crippen LogP) is 1.02. The normalized spacial score (nSPS) is 11.5. The number of benzene rings is 1. The predicted molar refractivity (Wildman–Crippen MR) is 75.7 cm³/mol. The summed E-state index contributed by atoms with van der Waals surface area (Å²) in [6.45, 7) is 0. The minimum Gasteiger partial charge on any atom is -0.467 e. The van der Waals surface area contributed by atoms with Gasteiger partial charge in [0.05, 0.1) is 7.11 Å². The van der Waals surface area contributed by atoms with Crippen molar-refractivity contribution in [3.05, 3.63) is 70.1 Å². The van der Waals surface area contributed by atoms with Crippen LogP contribution in [0.15, 0.2) is 53.5 Å². The zero-order valence-electron chi connectivity index (χ0n) is 11.3. The molecule has 2 rings (SSSR count). The second-order valence-corrected chi connectivity index (χ2v) is 4.28. The van der Waals surface area contributed by atoms with Crippen molar-refractivity contribution in [2.75, 3.05) is 7.11 Å². The van der Waals surface area contributed by atoms with Gasteiger partial charge in [0.1, 0.15) is 0 Å². The van der Waals surface area contributed by atoms with E-state index >= 15 is 0 Å². The summed E-state index contributed by atoms with van der Waals surface area (Å²) in [5, 5.41) is 2.56. The van der Waals surface area contributed by atoms with Crippen LogP contribution < -0.4 is 10.9 Å². The first-order chi connectivity index (χ1) is 10.1. The topological polar surface area (TPSA) is 88.3 Å². The van der Waals surface area contributed by atoms with Crippen LogP contribution in [0.2, 0.25) is 0 Å². The Hall–Kier alpha value is -2.89. The number of hydrogen-bond acceptors (Lipinski definition) is 4. The SMILES string of the molecule is COC(=O)C(NC(=O)c1cc[nH]c(=O)c1)c1ccccc1. The standard InChI is InChI=1S/C15H14N2O4/c1-21-15(20)13(10-5-3-2-4-6-10)17-14(19)11-7-8-16-12(18)9-11/h2-9,13H,1H3,(H,16,18)(H,17,19). The largest absolute Gasteiger partial charge is 0.467 e. The highest BCUT2D eigenvalue weighted by Gasteiger charge is 2.23. The zero-order chi connectivity index (χ0) is 15.2. The summed E-state index contributed by atoms with van der Waals surface area (Å²) in [5.74, 6) is -1.11. The Bertz CT molecular complexity index is 694. The van der Waals surface area contributed by atoms with Crippen LogP contribution in [0.4, 0.5) is 0 Å². The number of aromatic amines is 1. The molecule has 2 N–H and O–H groups in total. The molecule has 1 unspecified atom stereocenters. The number of methoxy groups -OCH3 is 1. The van der Waals surface area contributed by atoms with Crippen molar-refractivity contribution in [1.29, 1.82) is 0 Å². The van der Waals surface area contributed by atoms with E-state index in [0.29, 0.717) is 5.56 Å². The molecule has 0 spiro atoms. The summed E-state index contributed by atoms with van der Waals surface area (Å²) in [7, 11) is 1.25. The van der Waals surface area contributed by atoms with E-state index < -0.39 is 23.5 Å². The second-order valence-electron chi connectivity index (χ2n) is 4.28. The van der Waals surface area contributed by atoms with Gasteiger partial charge >= 0.3 is 5.97 Å². The zero-order valence-corrected chi connectivity index (χ0v) is 11.3. The lowest BCUT2D eigenvalue weighted by atomic mass is 10.1.